The molecule has 0 unspecified atom stereocenters. The molecule has 1 heterocycles. The molecular weight excluding hydrogens is 356 g/mol. The fourth-order valence-electron chi connectivity index (χ4n) is 1.75. The molecule has 0 saturated carbocycles. The lowest BCUT2D eigenvalue weighted by atomic mass is 10.1. The number of nitrogens with zero attached hydrogens (tertiary/aromatic N) is 2. The Bertz CT molecular complexity index is 635. The maximum atomic E-state index is 12.2. The molecule has 1 aliphatic heterocycles. The van der Waals surface area contributed by atoms with E-state index < -0.39 is 10.0 Å². The van der Waals surface area contributed by atoms with Crippen LogP contribution in [0.4, 0.5) is 0 Å². The first kappa shape index (κ1) is 16.3. The summed E-state index contributed by atoms with van der Waals surface area (Å²) in [5.74, 6) is 0.276. The Hall–Kier alpha value is -1.12. The number of aliphatic imine (C=N–C) groups is 1. The third-order valence-electron chi connectivity index (χ3n) is 3.14. The van der Waals surface area contributed by atoms with E-state index in [1.165, 1.54) is 12.1 Å². The topological polar surface area (TPSA) is 73.8 Å². The molecule has 6 nitrogen and oxygen atoms in total. The van der Waals surface area contributed by atoms with Gasteiger partial charge < -0.3 is 5.32 Å². The number of nitrogens with one attached hydrogen (secondary N) is 2. The lowest BCUT2D eigenvalue weighted by Gasteiger charge is -2.37. The van der Waals surface area contributed by atoms with Gasteiger partial charge in [0.1, 0.15) is 0 Å². The summed E-state index contributed by atoms with van der Waals surface area (Å²) in [7, 11) is -3.61. The van der Waals surface area contributed by atoms with Crippen molar-refractivity contribution in [3.8, 4) is 0 Å². The number of rotatable bonds is 2. The lowest BCUT2D eigenvalue weighted by molar-refractivity contribution is 0.130. The van der Waals surface area contributed by atoms with E-state index in [2.05, 4.69) is 56.6 Å². The Kier molecular flexibility index (Phi) is 4.60. The fourth-order valence-corrected chi connectivity index (χ4v) is 3.02. The number of sulfonamides is 1. The van der Waals surface area contributed by atoms with Crippen molar-refractivity contribution in [2.75, 3.05) is 13.3 Å². The third-order valence-corrected chi connectivity index (χ3v) is 5.02. The summed E-state index contributed by atoms with van der Waals surface area (Å²) < 4.78 is 27.8. The predicted molar refractivity (Wildman–Crippen MR) is 86.4 cm³/mol. The van der Waals surface area contributed by atoms with Gasteiger partial charge in [0.05, 0.1) is 18.2 Å². The molecule has 1 aromatic rings. The molecule has 1 aliphatic rings. The highest BCUT2D eigenvalue weighted by Gasteiger charge is 2.25. The molecule has 8 heteroatoms. The second-order valence-electron chi connectivity index (χ2n) is 5.75. The maximum absolute atomic E-state index is 12.2. The van der Waals surface area contributed by atoms with E-state index in [0.29, 0.717) is 13.3 Å². The molecule has 116 valence electrons. The molecule has 0 amide bonds. The van der Waals surface area contributed by atoms with Crippen molar-refractivity contribution in [2.24, 2.45) is 4.99 Å². The Morgan fingerprint density at radius 1 is 1.29 bits per heavy atom. The predicted octanol–water partition coefficient (Wildman–Crippen LogP) is 1.70. The van der Waals surface area contributed by atoms with Gasteiger partial charge in [0.2, 0.25) is 5.96 Å². The van der Waals surface area contributed by atoms with Gasteiger partial charge in [0.15, 0.2) is 0 Å². The normalized spacial score (nSPS) is 17.0. The average molecular weight is 375 g/mol. The van der Waals surface area contributed by atoms with Gasteiger partial charge in [-0.15, -0.1) is 0 Å². The minimum absolute atomic E-state index is 0.0212. The molecule has 0 radical (unpaired) electrons. The number of guanidine groups is 1. The minimum Gasteiger partial charge on any atom is -0.343 e. The van der Waals surface area contributed by atoms with Crippen LogP contribution in [0.2, 0.25) is 0 Å². The van der Waals surface area contributed by atoms with Crippen LogP contribution < -0.4 is 10.0 Å². The van der Waals surface area contributed by atoms with E-state index in [1.807, 2.05) is 0 Å². The molecule has 2 N–H and O–H groups in total. The molecule has 0 bridgehead atoms. The first-order valence-electron chi connectivity index (χ1n) is 6.50. The van der Waals surface area contributed by atoms with Crippen LogP contribution in [-0.4, -0.2) is 38.2 Å². The largest absolute Gasteiger partial charge is 0.343 e. The zero-order chi connectivity index (χ0) is 15.7. The smallest absolute Gasteiger partial charge is 0.264 e. The number of benzene rings is 1. The Labute approximate surface area is 133 Å². The van der Waals surface area contributed by atoms with Crippen LogP contribution >= 0.6 is 15.9 Å². The standard InChI is InChI=1S/C13H19BrN4O2S/c1-13(2,3)18-8-15-12(16-9-18)17-21(19,20)11-6-4-10(14)5-7-11/h4-7H,8-9H2,1-3H3,(H2,15,16,17). The Morgan fingerprint density at radius 3 is 2.38 bits per heavy atom. The van der Waals surface area contributed by atoms with Crippen LogP contribution in [0.15, 0.2) is 38.6 Å². The van der Waals surface area contributed by atoms with Gasteiger partial charge in [0.25, 0.3) is 10.0 Å². The second kappa shape index (κ2) is 5.94. The molecule has 0 aliphatic carbocycles. The van der Waals surface area contributed by atoms with Gasteiger partial charge in [0, 0.05) is 10.0 Å². The zero-order valence-electron chi connectivity index (χ0n) is 12.2. The van der Waals surface area contributed by atoms with Crippen molar-refractivity contribution in [1.29, 1.82) is 0 Å². The first-order chi connectivity index (χ1) is 9.68. The molecule has 0 spiro atoms. The molecule has 0 atom stereocenters. The van der Waals surface area contributed by atoms with Crippen LogP contribution in [-0.2, 0) is 10.0 Å². The van der Waals surface area contributed by atoms with Crippen molar-refractivity contribution in [3.05, 3.63) is 28.7 Å². The highest BCUT2D eigenvalue weighted by atomic mass is 79.9. The molecule has 21 heavy (non-hydrogen) atoms. The molecule has 1 aromatic carbocycles. The van der Waals surface area contributed by atoms with E-state index in [0.717, 1.165) is 4.47 Å². The molecule has 2 rings (SSSR count). The van der Waals surface area contributed by atoms with Crippen LogP contribution in [0, 0.1) is 0 Å². The SMILES string of the molecule is CC(C)(C)N1CN=C(NS(=O)(=O)c2ccc(Br)cc2)NC1. The van der Waals surface area contributed by atoms with E-state index in [9.17, 15) is 8.42 Å². The van der Waals surface area contributed by atoms with Crippen molar-refractivity contribution in [1.82, 2.24) is 14.9 Å². The van der Waals surface area contributed by atoms with E-state index in [4.69, 9.17) is 0 Å². The van der Waals surface area contributed by atoms with Crippen molar-refractivity contribution in [3.63, 3.8) is 0 Å². The van der Waals surface area contributed by atoms with Gasteiger partial charge in [-0.2, -0.15) is 0 Å². The monoisotopic (exact) mass is 374 g/mol. The van der Waals surface area contributed by atoms with Gasteiger partial charge in [-0.1, -0.05) is 15.9 Å². The maximum Gasteiger partial charge on any atom is 0.264 e. The number of hydrogen-bond acceptors (Lipinski definition) is 5. The van der Waals surface area contributed by atoms with Crippen LogP contribution in [0.1, 0.15) is 20.8 Å². The Morgan fingerprint density at radius 2 is 1.90 bits per heavy atom. The van der Waals surface area contributed by atoms with Crippen molar-refractivity contribution in [2.45, 2.75) is 31.2 Å². The highest BCUT2D eigenvalue weighted by molar-refractivity contribution is 9.10. The summed E-state index contributed by atoms with van der Waals surface area (Å²) in [4.78, 5) is 6.54. The summed E-state index contributed by atoms with van der Waals surface area (Å²) >= 11 is 3.28. The summed E-state index contributed by atoms with van der Waals surface area (Å²) in [5, 5.41) is 2.99. The summed E-state index contributed by atoms with van der Waals surface area (Å²) in [6, 6.07) is 6.45. The average Bonchev–Trinajstić information content (AvgIpc) is 2.38. The summed E-state index contributed by atoms with van der Waals surface area (Å²) in [5.41, 5.74) is -0.0212. The van der Waals surface area contributed by atoms with Gasteiger partial charge in [-0.25, -0.2) is 18.1 Å². The Balaban J connectivity index is 2.08. The lowest BCUT2D eigenvalue weighted by Crippen LogP contribution is -2.55. The van der Waals surface area contributed by atoms with Crippen LogP contribution in [0.5, 0.6) is 0 Å². The molecule has 0 saturated heterocycles. The van der Waals surface area contributed by atoms with Crippen LogP contribution in [0.25, 0.3) is 0 Å². The van der Waals surface area contributed by atoms with Crippen molar-refractivity contribution < 1.29 is 8.42 Å². The summed E-state index contributed by atoms with van der Waals surface area (Å²) in [6.07, 6.45) is 0. The second-order valence-corrected chi connectivity index (χ2v) is 8.35. The van der Waals surface area contributed by atoms with E-state index in [-0.39, 0.29) is 16.4 Å². The zero-order valence-corrected chi connectivity index (χ0v) is 14.6. The molecule has 0 fully saturated rings. The third kappa shape index (κ3) is 4.18. The minimum atomic E-state index is -3.61. The first-order valence-corrected chi connectivity index (χ1v) is 8.78. The van der Waals surface area contributed by atoms with Gasteiger partial charge in [-0.3, -0.25) is 4.90 Å². The summed E-state index contributed by atoms with van der Waals surface area (Å²) in [6.45, 7) is 7.25. The van der Waals surface area contributed by atoms with Gasteiger partial charge >= 0.3 is 0 Å². The van der Waals surface area contributed by atoms with E-state index >= 15 is 0 Å². The quantitative estimate of drug-likeness (QED) is 0.825. The number of halogens is 1. The van der Waals surface area contributed by atoms with Crippen molar-refractivity contribution >= 4 is 31.9 Å². The van der Waals surface area contributed by atoms with Gasteiger partial charge in [-0.05, 0) is 45.0 Å². The highest BCUT2D eigenvalue weighted by Crippen LogP contribution is 2.15. The number of hydrogen-bond donors (Lipinski definition) is 2. The molecule has 0 aromatic heterocycles. The van der Waals surface area contributed by atoms with E-state index in [1.54, 1.807) is 12.1 Å². The van der Waals surface area contributed by atoms with Crippen LogP contribution in [0.3, 0.4) is 0 Å². The molecular formula is C13H19BrN4O2S. The fraction of sp³-hybridized carbons (Fsp3) is 0.462.